The van der Waals surface area contributed by atoms with E-state index in [4.69, 9.17) is 4.74 Å². The van der Waals surface area contributed by atoms with Crippen LogP contribution >= 0.6 is 0 Å². The Morgan fingerprint density at radius 2 is 2.12 bits per heavy atom. The highest BCUT2D eigenvalue weighted by Crippen LogP contribution is 2.30. The summed E-state index contributed by atoms with van der Waals surface area (Å²) in [5.74, 6) is 5.59. The Morgan fingerprint density at radius 3 is 2.70 bits per heavy atom. The van der Waals surface area contributed by atoms with Crippen molar-refractivity contribution in [1.29, 1.82) is 0 Å². The van der Waals surface area contributed by atoms with Gasteiger partial charge in [0.2, 0.25) is 11.8 Å². The van der Waals surface area contributed by atoms with Crippen molar-refractivity contribution < 1.29 is 24.5 Å². The summed E-state index contributed by atoms with van der Waals surface area (Å²) in [4.78, 5) is 33.8. The van der Waals surface area contributed by atoms with E-state index in [2.05, 4.69) is 16.8 Å². The van der Waals surface area contributed by atoms with Gasteiger partial charge < -0.3 is 24.7 Å². The maximum Gasteiger partial charge on any atom is 0.259 e. The van der Waals surface area contributed by atoms with Crippen molar-refractivity contribution in [2.24, 2.45) is 11.8 Å². The highest BCUT2D eigenvalue weighted by Gasteiger charge is 2.36. The normalized spacial score (nSPS) is 22.0. The van der Waals surface area contributed by atoms with Gasteiger partial charge in [-0.25, -0.2) is 4.98 Å². The third-order valence-electron chi connectivity index (χ3n) is 6.32. The van der Waals surface area contributed by atoms with Crippen molar-refractivity contribution >= 4 is 11.8 Å². The molecule has 1 aromatic heterocycles. The van der Waals surface area contributed by atoms with Gasteiger partial charge >= 0.3 is 0 Å². The Labute approximate surface area is 195 Å². The molecule has 3 atom stereocenters. The van der Waals surface area contributed by atoms with E-state index in [0.29, 0.717) is 18.7 Å². The van der Waals surface area contributed by atoms with Crippen LogP contribution in [0, 0.1) is 23.7 Å². The second-order valence-electron chi connectivity index (χ2n) is 9.86. The van der Waals surface area contributed by atoms with Gasteiger partial charge in [0.05, 0.1) is 19.2 Å². The molecule has 1 aliphatic heterocycles. The molecular weight excluding hydrogens is 422 g/mol. The first kappa shape index (κ1) is 25.0. The van der Waals surface area contributed by atoms with E-state index in [1.54, 1.807) is 43.7 Å². The Bertz CT molecular complexity index is 942. The van der Waals surface area contributed by atoms with Gasteiger partial charge in [-0.1, -0.05) is 25.2 Å². The Morgan fingerprint density at radius 1 is 1.42 bits per heavy atom. The number of carbonyl (C=O) groups is 2. The molecule has 33 heavy (non-hydrogen) atoms. The molecule has 1 saturated carbocycles. The third kappa shape index (κ3) is 6.04. The Kier molecular flexibility index (Phi) is 7.65. The van der Waals surface area contributed by atoms with Crippen LogP contribution in [0.2, 0.25) is 0 Å². The van der Waals surface area contributed by atoms with Crippen LogP contribution in [0.4, 0.5) is 0 Å². The van der Waals surface area contributed by atoms with E-state index in [0.717, 1.165) is 19.3 Å². The summed E-state index contributed by atoms with van der Waals surface area (Å²) in [5, 5.41) is 19.7. The summed E-state index contributed by atoms with van der Waals surface area (Å²) >= 11 is 0. The van der Waals surface area contributed by atoms with Gasteiger partial charge in [-0.2, -0.15) is 0 Å². The molecule has 0 radical (unpaired) electrons. The molecule has 8 heteroatoms. The van der Waals surface area contributed by atoms with E-state index < -0.39 is 11.6 Å². The van der Waals surface area contributed by atoms with Crippen molar-refractivity contribution in [3.8, 4) is 17.7 Å². The maximum atomic E-state index is 13.4. The molecule has 1 aliphatic carbocycles. The first-order valence-corrected chi connectivity index (χ1v) is 11.6. The van der Waals surface area contributed by atoms with Crippen LogP contribution in [0.25, 0.3) is 0 Å². The number of hydrogen-bond donors (Lipinski definition) is 2. The topological polar surface area (TPSA) is 103 Å². The third-order valence-corrected chi connectivity index (χ3v) is 6.32. The van der Waals surface area contributed by atoms with Crippen molar-refractivity contribution in [2.45, 2.75) is 64.7 Å². The van der Waals surface area contributed by atoms with Crippen LogP contribution in [0.15, 0.2) is 12.3 Å². The number of ether oxygens (including phenoxy) is 1. The molecule has 0 bridgehead atoms. The molecule has 0 spiro atoms. The van der Waals surface area contributed by atoms with Gasteiger partial charge in [-0.05, 0) is 39.7 Å². The molecule has 2 amide bonds. The molecule has 8 nitrogen and oxygen atoms in total. The molecule has 3 rings (SSSR count). The zero-order valence-corrected chi connectivity index (χ0v) is 20.2. The summed E-state index contributed by atoms with van der Waals surface area (Å²) < 4.78 is 6.22. The number of aromatic nitrogens is 1. The number of rotatable bonds is 5. The number of likely N-dealkylation sites (N-methyl/N-ethyl adjacent to an activating group) is 1. The molecule has 1 aromatic rings. The number of pyridine rings is 1. The molecule has 1 fully saturated rings. The van der Waals surface area contributed by atoms with Gasteiger partial charge in [-0.3, -0.25) is 9.59 Å². The van der Waals surface area contributed by atoms with E-state index in [9.17, 15) is 19.8 Å². The number of fused-ring (bicyclic) bond motifs is 1. The van der Waals surface area contributed by atoms with Gasteiger partial charge in [0.25, 0.3) is 5.91 Å². The number of aliphatic hydroxyl groups excluding tert-OH is 1. The predicted octanol–water partition coefficient (Wildman–Crippen LogP) is 1.68. The zero-order valence-electron chi connectivity index (χ0n) is 20.2. The summed E-state index contributed by atoms with van der Waals surface area (Å²) in [6.07, 6.45) is 4.09. The minimum Gasteiger partial charge on any atom is -0.472 e. The van der Waals surface area contributed by atoms with Crippen molar-refractivity contribution in [2.75, 3.05) is 26.7 Å². The van der Waals surface area contributed by atoms with Crippen LogP contribution in [-0.2, 0) is 4.79 Å². The number of aliphatic hydroxyl groups is 2. The minimum absolute atomic E-state index is 0.0914. The predicted molar refractivity (Wildman–Crippen MR) is 124 cm³/mol. The van der Waals surface area contributed by atoms with Crippen LogP contribution < -0.4 is 4.74 Å². The van der Waals surface area contributed by atoms with Crippen LogP contribution in [0.3, 0.4) is 0 Å². The fraction of sp³-hybridized carbons (Fsp3) is 0.640. The Hall–Kier alpha value is -2.63. The van der Waals surface area contributed by atoms with Gasteiger partial charge in [0, 0.05) is 37.2 Å². The van der Waals surface area contributed by atoms with Gasteiger partial charge in [-0.15, -0.1) is 0 Å². The first-order valence-electron chi connectivity index (χ1n) is 11.6. The van der Waals surface area contributed by atoms with E-state index in [1.807, 2.05) is 6.92 Å². The lowest BCUT2D eigenvalue weighted by Crippen LogP contribution is -2.51. The molecular formula is C25H35N3O5. The standard InChI is InChI=1S/C25H35N3O5/c1-16-13-28(17(2)15-29)24(31)20-11-18(9-10-25(3,4)32)12-26-22(20)33-21(16)14-27(5)23(30)19-7-6-8-19/h11-12,16-17,19,21,29,32H,6-8,13-15H2,1-5H3/t16-,17+,21-/m0/s1. The molecule has 2 heterocycles. The smallest absolute Gasteiger partial charge is 0.259 e. The summed E-state index contributed by atoms with van der Waals surface area (Å²) in [6.45, 7) is 7.50. The average molecular weight is 458 g/mol. The summed E-state index contributed by atoms with van der Waals surface area (Å²) in [6, 6.07) is 1.21. The molecule has 2 N–H and O–H groups in total. The quantitative estimate of drug-likeness (QED) is 0.652. The van der Waals surface area contributed by atoms with Gasteiger partial charge in [0.15, 0.2) is 0 Å². The zero-order chi connectivity index (χ0) is 24.3. The lowest BCUT2D eigenvalue weighted by atomic mass is 9.84. The van der Waals surface area contributed by atoms with Crippen molar-refractivity contribution in [3.63, 3.8) is 0 Å². The first-order chi connectivity index (χ1) is 15.5. The maximum absolute atomic E-state index is 13.4. The largest absolute Gasteiger partial charge is 0.472 e. The molecule has 0 aromatic carbocycles. The average Bonchev–Trinajstić information content (AvgIpc) is 2.72. The summed E-state index contributed by atoms with van der Waals surface area (Å²) in [7, 11) is 1.79. The van der Waals surface area contributed by atoms with Crippen molar-refractivity contribution in [3.05, 3.63) is 23.4 Å². The van der Waals surface area contributed by atoms with E-state index >= 15 is 0 Å². The lowest BCUT2D eigenvalue weighted by Gasteiger charge is -2.38. The number of carbonyl (C=O) groups excluding carboxylic acids is 2. The minimum atomic E-state index is -1.18. The van der Waals surface area contributed by atoms with Crippen LogP contribution in [0.1, 0.15) is 62.9 Å². The summed E-state index contributed by atoms with van der Waals surface area (Å²) in [5.41, 5.74) is -0.449. The second kappa shape index (κ2) is 10.1. The number of nitrogens with zero attached hydrogens (tertiary/aromatic N) is 3. The Balaban J connectivity index is 1.94. The van der Waals surface area contributed by atoms with Crippen LogP contribution in [-0.4, -0.2) is 81.3 Å². The van der Waals surface area contributed by atoms with Crippen molar-refractivity contribution in [1.82, 2.24) is 14.8 Å². The second-order valence-corrected chi connectivity index (χ2v) is 9.86. The SMILES string of the molecule is C[C@H](CO)N1C[C@H](C)[C@H](CN(C)C(=O)C2CCC2)Oc2ncc(C#CC(C)(C)O)cc2C1=O. The monoisotopic (exact) mass is 457 g/mol. The molecule has 0 unspecified atom stereocenters. The highest BCUT2D eigenvalue weighted by atomic mass is 16.5. The highest BCUT2D eigenvalue weighted by molar-refractivity contribution is 5.97. The number of amides is 2. The van der Waals surface area contributed by atoms with Crippen LogP contribution in [0.5, 0.6) is 5.88 Å². The van der Waals surface area contributed by atoms with E-state index in [-0.39, 0.29) is 47.8 Å². The van der Waals surface area contributed by atoms with E-state index in [1.165, 1.54) is 6.20 Å². The molecule has 0 saturated heterocycles. The molecule has 180 valence electrons. The lowest BCUT2D eigenvalue weighted by molar-refractivity contribution is -0.138. The number of hydrogen-bond acceptors (Lipinski definition) is 6. The van der Waals surface area contributed by atoms with Gasteiger partial charge in [0.1, 0.15) is 17.3 Å². The molecule has 2 aliphatic rings. The fourth-order valence-electron chi connectivity index (χ4n) is 3.94. The fourth-order valence-corrected chi connectivity index (χ4v) is 3.94.